The molecule has 0 bridgehead atoms. The Labute approximate surface area is 206 Å². The molecule has 35 heavy (non-hydrogen) atoms. The second kappa shape index (κ2) is 11.5. The van der Waals surface area contributed by atoms with Crippen LogP contribution in [0.25, 0.3) is 0 Å². The Morgan fingerprint density at radius 2 is 1.66 bits per heavy atom. The van der Waals surface area contributed by atoms with E-state index in [4.69, 9.17) is 9.47 Å². The molecule has 2 aromatic carbocycles. The van der Waals surface area contributed by atoms with Crippen LogP contribution in [-0.4, -0.2) is 65.5 Å². The van der Waals surface area contributed by atoms with Crippen molar-refractivity contribution in [3.63, 3.8) is 0 Å². The van der Waals surface area contributed by atoms with Crippen molar-refractivity contribution in [2.45, 2.75) is 39.3 Å². The number of methoxy groups -OCH3 is 2. The Morgan fingerprint density at radius 1 is 0.943 bits per heavy atom. The number of hydrogen-bond donors (Lipinski definition) is 0. The fourth-order valence-corrected chi connectivity index (χ4v) is 4.69. The minimum atomic E-state index is -0.204. The van der Waals surface area contributed by atoms with Crippen molar-refractivity contribution >= 4 is 5.69 Å². The van der Waals surface area contributed by atoms with Crippen LogP contribution in [0, 0.1) is 11.7 Å². The number of aryl methyl sites for hydroxylation is 2. The summed E-state index contributed by atoms with van der Waals surface area (Å²) in [5.41, 5.74) is 2.20. The standard InChI is InChI=1S/C26H35FN6O2/c1-19(2)17-23(32-15-13-31(14-16-32)22-8-6-21(27)7-9-22)26-28-29-30-33(26)12-11-20-5-10-24(34-3)25(18-20)35-4/h5-10,18-19,23H,11-17H2,1-4H3/t23-/m1/s1. The Kier molecular flexibility index (Phi) is 8.17. The lowest BCUT2D eigenvalue weighted by Crippen LogP contribution is -2.48. The first-order valence-corrected chi connectivity index (χ1v) is 12.2. The summed E-state index contributed by atoms with van der Waals surface area (Å²) < 4.78 is 26.1. The molecular weight excluding hydrogens is 447 g/mol. The molecule has 0 N–H and O–H groups in total. The van der Waals surface area contributed by atoms with Crippen LogP contribution in [0.1, 0.15) is 37.7 Å². The Bertz CT molecular complexity index is 1080. The fraction of sp³-hybridized carbons (Fsp3) is 0.500. The molecule has 1 atom stereocenters. The summed E-state index contributed by atoms with van der Waals surface area (Å²) in [6, 6.07) is 12.9. The largest absolute Gasteiger partial charge is 0.493 e. The molecule has 1 aromatic heterocycles. The zero-order valence-corrected chi connectivity index (χ0v) is 21.0. The molecule has 1 saturated heterocycles. The highest BCUT2D eigenvalue weighted by Gasteiger charge is 2.30. The number of aromatic nitrogens is 4. The lowest BCUT2D eigenvalue weighted by atomic mass is 10.0. The van der Waals surface area contributed by atoms with E-state index in [0.717, 1.165) is 67.6 Å². The van der Waals surface area contributed by atoms with Gasteiger partial charge in [0.25, 0.3) is 0 Å². The average molecular weight is 483 g/mol. The van der Waals surface area contributed by atoms with Crippen LogP contribution in [0.3, 0.4) is 0 Å². The second-order valence-electron chi connectivity index (χ2n) is 9.34. The maximum absolute atomic E-state index is 13.3. The number of benzene rings is 2. The maximum atomic E-state index is 13.3. The predicted octanol–water partition coefficient (Wildman–Crippen LogP) is 3.98. The minimum absolute atomic E-state index is 0.144. The smallest absolute Gasteiger partial charge is 0.168 e. The van der Waals surface area contributed by atoms with E-state index < -0.39 is 0 Å². The number of halogens is 1. The number of ether oxygens (including phenoxy) is 2. The van der Waals surface area contributed by atoms with Crippen LogP contribution in [-0.2, 0) is 13.0 Å². The highest BCUT2D eigenvalue weighted by atomic mass is 19.1. The van der Waals surface area contributed by atoms with Crippen LogP contribution < -0.4 is 14.4 Å². The SMILES string of the molecule is COc1ccc(CCn2nnnc2[C@@H](CC(C)C)N2CCN(c3ccc(F)cc3)CC2)cc1OC. The van der Waals surface area contributed by atoms with Gasteiger partial charge >= 0.3 is 0 Å². The second-order valence-corrected chi connectivity index (χ2v) is 9.34. The summed E-state index contributed by atoms with van der Waals surface area (Å²) >= 11 is 0. The molecule has 1 aliphatic rings. The van der Waals surface area contributed by atoms with Gasteiger partial charge in [-0.2, -0.15) is 0 Å². The van der Waals surface area contributed by atoms with E-state index in [1.54, 1.807) is 14.2 Å². The van der Waals surface area contributed by atoms with Crippen LogP contribution in [0.15, 0.2) is 42.5 Å². The molecule has 0 saturated carbocycles. The van der Waals surface area contributed by atoms with E-state index in [9.17, 15) is 4.39 Å². The number of nitrogens with zero attached hydrogens (tertiary/aromatic N) is 6. The first-order valence-electron chi connectivity index (χ1n) is 12.2. The predicted molar refractivity (Wildman–Crippen MR) is 133 cm³/mol. The molecular formula is C26H35FN6O2. The molecule has 1 aliphatic heterocycles. The van der Waals surface area contributed by atoms with Gasteiger partial charge in [0.15, 0.2) is 17.3 Å². The fourth-order valence-electron chi connectivity index (χ4n) is 4.69. The van der Waals surface area contributed by atoms with Gasteiger partial charge in [-0.25, -0.2) is 9.07 Å². The maximum Gasteiger partial charge on any atom is 0.168 e. The summed E-state index contributed by atoms with van der Waals surface area (Å²) in [6.07, 6.45) is 1.76. The third kappa shape index (κ3) is 6.08. The molecule has 0 unspecified atom stereocenters. The van der Waals surface area contributed by atoms with E-state index in [2.05, 4.69) is 39.2 Å². The van der Waals surface area contributed by atoms with Crippen molar-refractivity contribution in [1.82, 2.24) is 25.1 Å². The Morgan fingerprint density at radius 3 is 2.31 bits per heavy atom. The molecule has 3 aromatic rings. The van der Waals surface area contributed by atoms with Gasteiger partial charge in [0.1, 0.15) is 5.82 Å². The van der Waals surface area contributed by atoms with Gasteiger partial charge < -0.3 is 14.4 Å². The summed E-state index contributed by atoms with van der Waals surface area (Å²) in [7, 11) is 3.28. The quantitative estimate of drug-likeness (QED) is 0.433. The summed E-state index contributed by atoms with van der Waals surface area (Å²) in [5, 5.41) is 12.8. The van der Waals surface area contributed by atoms with Gasteiger partial charge in [0.2, 0.25) is 0 Å². The van der Waals surface area contributed by atoms with Crippen LogP contribution in [0.5, 0.6) is 11.5 Å². The molecule has 4 rings (SSSR count). The van der Waals surface area contributed by atoms with Crippen LogP contribution >= 0.6 is 0 Å². The summed E-state index contributed by atoms with van der Waals surface area (Å²) in [5.74, 6) is 2.65. The molecule has 0 radical (unpaired) electrons. The van der Waals surface area contributed by atoms with E-state index in [1.165, 1.54) is 12.1 Å². The van der Waals surface area contributed by atoms with Crippen LogP contribution in [0.2, 0.25) is 0 Å². The molecule has 0 aliphatic carbocycles. The normalized spacial score (nSPS) is 15.4. The number of rotatable bonds is 10. The molecule has 0 spiro atoms. The van der Waals surface area contributed by atoms with Crippen molar-refractivity contribution in [3.8, 4) is 11.5 Å². The number of tetrazole rings is 1. The average Bonchev–Trinajstić information content (AvgIpc) is 3.34. The number of piperazine rings is 1. The zero-order valence-electron chi connectivity index (χ0n) is 21.0. The van der Waals surface area contributed by atoms with Gasteiger partial charge in [-0.3, -0.25) is 4.90 Å². The summed E-state index contributed by atoms with van der Waals surface area (Å²) in [4.78, 5) is 4.79. The molecule has 1 fully saturated rings. The molecule has 8 nitrogen and oxygen atoms in total. The number of hydrogen-bond acceptors (Lipinski definition) is 7. The van der Waals surface area contributed by atoms with Crippen LogP contribution in [0.4, 0.5) is 10.1 Å². The first kappa shape index (κ1) is 24.9. The van der Waals surface area contributed by atoms with Gasteiger partial charge in [-0.15, -0.1) is 5.10 Å². The van der Waals surface area contributed by atoms with E-state index in [-0.39, 0.29) is 11.9 Å². The van der Waals surface area contributed by atoms with E-state index in [1.807, 2.05) is 35.0 Å². The van der Waals surface area contributed by atoms with Gasteiger partial charge in [0, 0.05) is 38.4 Å². The van der Waals surface area contributed by atoms with Gasteiger partial charge in [-0.1, -0.05) is 19.9 Å². The van der Waals surface area contributed by atoms with Crippen molar-refractivity contribution in [2.75, 3.05) is 45.3 Å². The first-order chi connectivity index (χ1) is 17.0. The third-order valence-corrected chi connectivity index (χ3v) is 6.56. The van der Waals surface area contributed by atoms with Gasteiger partial charge in [-0.05, 0) is 71.1 Å². The van der Waals surface area contributed by atoms with E-state index in [0.29, 0.717) is 12.5 Å². The Hall–Kier alpha value is -3.20. The van der Waals surface area contributed by atoms with E-state index >= 15 is 0 Å². The van der Waals surface area contributed by atoms with Crippen molar-refractivity contribution < 1.29 is 13.9 Å². The minimum Gasteiger partial charge on any atom is -0.493 e. The molecule has 188 valence electrons. The number of anilines is 1. The molecule has 9 heteroatoms. The zero-order chi connectivity index (χ0) is 24.8. The lowest BCUT2D eigenvalue weighted by molar-refractivity contribution is 0.152. The van der Waals surface area contributed by atoms with Crippen molar-refractivity contribution in [1.29, 1.82) is 0 Å². The molecule has 2 heterocycles. The third-order valence-electron chi connectivity index (χ3n) is 6.56. The summed E-state index contributed by atoms with van der Waals surface area (Å²) in [6.45, 7) is 8.72. The topological polar surface area (TPSA) is 68.5 Å². The Balaban J connectivity index is 1.45. The lowest BCUT2D eigenvalue weighted by Gasteiger charge is -2.40. The molecule has 0 amide bonds. The van der Waals surface area contributed by atoms with Crippen molar-refractivity contribution in [3.05, 3.63) is 59.7 Å². The van der Waals surface area contributed by atoms with Gasteiger partial charge in [0.05, 0.1) is 20.3 Å². The highest BCUT2D eigenvalue weighted by Crippen LogP contribution is 2.30. The van der Waals surface area contributed by atoms with Crippen molar-refractivity contribution in [2.24, 2.45) is 5.92 Å². The monoisotopic (exact) mass is 482 g/mol. The highest BCUT2D eigenvalue weighted by molar-refractivity contribution is 5.46.